The van der Waals surface area contributed by atoms with E-state index < -0.39 is 10.0 Å². The molecule has 39 heavy (non-hydrogen) atoms. The third-order valence-corrected chi connectivity index (χ3v) is 9.70. The second kappa shape index (κ2) is 10.3. The minimum Gasteiger partial charge on any atom is -0.493 e. The summed E-state index contributed by atoms with van der Waals surface area (Å²) in [5.41, 5.74) is 3.58. The number of nitrogens with zero attached hydrogens (tertiary/aromatic N) is 4. The van der Waals surface area contributed by atoms with Crippen LogP contribution in [0.5, 0.6) is 11.5 Å². The molecule has 2 bridgehead atoms. The smallest absolute Gasteiger partial charge is 0.242 e. The van der Waals surface area contributed by atoms with Gasteiger partial charge in [-0.2, -0.15) is 5.10 Å². The molecule has 3 aliphatic heterocycles. The van der Waals surface area contributed by atoms with E-state index in [1.807, 2.05) is 48.1 Å². The lowest BCUT2D eigenvalue weighted by atomic mass is 9.74. The van der Waals surface area contributed by atoms with Gasteiger partial charge in [0.15, 0.2) is 11.5 Å². The van der Waals surface area contributed by atoms with Crippen molar-refractivity contribution in [2.45, 2.75) is 29.7 Å². The van der Waals surface area contributed by atoms with Crippen molar-refractivity contribution in [3.05, 3.63) is 66.5 Å². The number of rotatable bonds is 8. The number of aryl methyl sites for hydroxylation is 1. The zero-order valence-corrected chi connectivity index (χ0v) is 23.2. The van der Waals surface area contributed by atoms with E-state index in [2.05, 4.69) is 20.7 Å². The molecular weight excluding hydrogens is 514 g/mol. The molecular formula is C29H33N5O4S. The van der Waals surface area contributed by atoms with Gasteiger partial charge >= 0.3 is 0 Å². The summed E-state index contributed by atoms with van der Waals surface area (Å²) in [6.45, 7) is 2.25. The van der Waals surface area contributed by atoms with E-state index in [4.69, 9.17) is 14.6 Å². The summed E-state index contributed by atoms with van der Waals surface area (Å²) in [6, 6.07) is 17.1. The first-order valence-electron chi connectivity index (χ1n) is 13.2. The van der Waals surface area contributed by atoms with E-state index in [-0.39, 0.29) is 10.9 Å². The Hall–Kier alpha value is -3.47. The Morgan fingerprint density at radius 1 is 1.05 bits per heavy atom. The van der Waals surface area contributed by atoms with E-state index in [1.165, 1.54) is 5.69 Å². The number of para-hydroxylation sites is 1. The summed E-state index contributed by atoms with van der Waals surface area (Å²) in [5, 5.41) is 5.63. The largest absolute Gasteiger partial charge is 0.493 e. The highest BCUT2D eigenvalue weighted by Gasteiger charge is 2.42. The third-order valence-electron chi connectivity index (χ3n) is 8.25. The molecule has 0 spiro atoms. The van der Waals surface area contributed by atoms with Gasteiger partial charge in [-0.25, -0.2) is 13.1 Å². The molecule has 0 radical (unpaired) electrons. The van der Waals surface area contributed by atoms with Crippen LogP contribution in [0.2, 0.25) is 0 Å². The van der Waals surface area contributed by atoms with E-state index in [0.717, 1.165) is 42.6 Å². The fourth-order valence-electron chi connectivity index (χ4n) is 6.23. The average Bonchev–Trinajstić information content (AvgIpc) is 3.37. The first kappa shape index (κ1) is 25.8. The second-order valence-corrected chi connectivity index (χ2v) is 12.1. The highest BCUT2D eigenvalue weighted by Crippen LogP contribution is 2.43. The lowest BCUT2D eigenvalue weighted by molar-refractivity contribution is 0.0306. The van der Waals surface area contributed by atoms with Crippen LogP contribution in [0.1, 0.15) is 24.5 Å². The van der Waals surface area contributed by atoms with Crippen molar-refractivity contribution in [3.8, 4) is 22.8 Å². The second-order valence-electron chi connectivity index (χ2n) is 10.4. The van der Waals surface area contributed by atoms with E-state index in [1.54, 1.807) is 32.5 Å². The Kier molecular flexibility index (Phi) is 6.78. The molecule has 3 saturated heterocycles. The molecule has 2 aromatic heterocycles. The minimum atomic E-state index is -3.69. The van der Waals surface area contributed by atoms with Crippen LogP contribution in [-0.4, -0.2) is 68.0 Å². The van der Waals surface area contributed by atoms with Crippen molar-refractivity contribution in [2.75, 3.05) is 33.9 Å². The van der Waals surface area contributed by atoms with Crippen LogP contribution in [0.3, 0.4) is 0 Å². The van der Waals surface area contributed by atoms with Gasteiger partial charge in [0, 0.05) is 54.9 Å². The van der Waals surface area contributed by atoms with Crippen molar-refractivity contribution in [1.29, 1.82) is 0 Å². The number of piperidine rings is 3. The van der Waals surface area contributed by atoms with Gasteiger partial charge in [-0.1, -0.05) is 18.2 Å². The van der Waals surface area contributed by atoms with Crippen LogP contribution in [0.15, 0.2) is 65.7 Å². The summed E-state index contributed by atoms with van der Waals surface area (Å²) in [6.07, 6.45) is 3.66. The molecule has 0 saturated carbocycles. The molecule has 5 heterocycles. The Balaban J connectivity index is 1.17. The SMILES string of the molecule is COc1ccc(-c2cc(C3CN4CCC3CC4CNS(=O)(=O)c3cccc4cccnc34)n(C)n2)cc1OC. The Morgan fingerprint density at radius 3 is 2.64 bits per heavy atom. The summed E-state index contributed by atoms with van der Waals surface area (Å²) >= 11 is 0. The maximum absolute atomic E-state index is 13.3. The predicted molar refractivity (Wildman–Crippen MR) is 150 cm³/mol. The summed E-state index contributed by atoms with van der Waals surface area (Å²) in [5.74, 6) is 2.18. The topological polar surface area (TPSA) is 98.6 Å². The summed E-state index contributed by atoms with van der Waals surface area (Å²) < 4.78 is 42.2. The molecule has 4 atom stereocenters. The zero-order valence-electron chi connectivity index (χ0n) is 22.4. The lowest BCUT2D eigenvalue weighted by Gasteiger charge is -2.49. The van der Waals surface area contributed by atoms with Gasteiger partial charge < -0.3 is 9.47 Å². The molecule has 0 amide bonds. The quantitative estimate of drug-likeness (QED) is 0.358. The number of hydrogen-bond acceptors (Lipinski definition) is 7. The standard InChI is InChI=1S/C29H33N5O4S/c1-33-25(16-24(32-33)21-9-10-26(37-2)27(15-21)38-3)23-18-34-13-11-20(23)14-22(34)17-31-39(35,36)28-8-4-6-19-7-5-12-30-29(19)28/h4-10,12,15-16,20,22-23,31H,11,13-14,17-18H2,1-3H3. The molecule has 9 nitrogen and oxygen atoms in total. The first-order chi connectivity index (χ1) is 18.9. The number of fused-ring (bicyclic) bond motifs is 4. The van der Waals surface area contributed by atoms with Gasteiger partial charge in [-0.3, -0.25) is 14.6 Å². The number of ether oxygens (including phenoxy) is 2. The predicted octanol–water partition coefficient (Wildman–Crippen LogP) is 3.81. The number of pyridine rings is 1. The van der Waals surface area contributed by atoms with Gasteiger partial charge in [0.25, 0.3) is 0 Å². The van der Waals surface area contributed by atoms with E-state index >= 15 is 0 Å². The maximum atomic E-state index is 13.3. The Labute approximate surface area is 228 Å². The van der Waals surface area contributed by atoms with Gasteiger partial charge in [-0.15, -0.1) is 0 Å². The highest BCUT2D eigenvalue weighted by atomic mass is 32.2. The number of hydrogen-bond donors (Lipinski definition) is 1. The molecule has 0 aliphatic carbocycles. The Bertz CT molecular complexity index is 1610. The van der Waals surface area contributed by atoms with Gasteiger partial charge in [-0.05, 0) is 61.7 Å². The van der Waals surface area contributed by atoms with Crippen molar-refractivity contribution in [3.63, 3.8) is 0 Å². The molecule has 10 heteroatoms. The van der Waals surface area contributed by atoms with Crippen LogP contribution in [0.4, 0.5) is 0 Å². The van der Waals surface area contributed by atoms with Gasteiger partial charge in [0.1, 0.15) is 4.90 Å². The third kappa shape index (κ3) is 4.77. The van der Waals surface area contributed by atoms with Crippen LogP contribution >= 0.6 is 0 Å². The van der Waals surface area contributed by atoms with E-state index in [0.29, 0.717) is 35.4 Å². The molecule has 4 aromatic rings. The fourth-order valence-corrected chi connectivity index (χ4v) is 7.48. The van der Waals surface area contributed by atoms with Crippen LogP contribution < -0.4 is 14.2 Å². The Morgan fingerprint density at radius 2 is 1.87 bits per heavy atom. The molecule has 4 unspecified atom stereocenters. The van der Waals surface area contributed by atoms with Gasteiger partial charge in [0.2, 0.25) is 10.0 Å². The van der Waals surface area contributed by atoms with Crippen molar-refractivity contribution >= 4 is 20.9 Å². The van der Waals surface area contributed by atoms with Crippen LogP contribution in [-0.2, 0) is 17.1 Å². The molecule has 204 valence electrons. The fraction of sp³-hybridized carbons (Fsp3) is 0.379. The number of sulfonamides is 1. The lowest BCUT2D eigenvalue weighted by Crippen LogP contribution is -2.56. The minimum absolute atomic E-state index is 0.163. The summed E-state index contributed by atoms with van der Waals surface area (Å²) in [4.78, 5) is 6.98. The first-order valence-corrected chi connectivity index (χ1v) is 14.7. The number of nitrogens with one attached hydrogen (secondary N) is 1. The van der Waals surface area contributed by atoms with Crippen LogP contribution in [0, 0.1) is 5.92 Å². The highest BCUT2D eigenvalue weighted by molar-refractivity contribution is 7.89. The van der Waals surface area contributed by atoms with Crippen molar-refractivity contribution in [2.24, 2.45) is 13.0 Å². The number of benzene rings is 2. The van der Waals surface area contributed by atoms with Crippen molar-refractivity contribution in [1.82, 2.24) is 24.4 Å². The number of methoxy groups -OCH3 is 2. The maximum Gasteiger partial charge on any atom is 0.242 e. The molecule has 2 aromatic carbocycles. The molecule has 3 aliphatic rings. The summed E-state index contributed by atoms with van der Waals surface area (Å²) in [7, 11) is 1.58. The molecule has 7 rings (SSSR count). The van der Waals surface area contributed by atoms with Crippen molar-refractivity contribution < 1.29 is 17.9 Å². The van der Waals surface area contributed by atoms with Gasteiger partial charge in [0.05, 0.1) is 25.4 Å². The zero-order chi connectivity index (χ0) is 27.1. The number of aromatic nitrogens is 3. The average molecular weight is 548 g/mol. The molecule has 3 fully saturated rings. The van der Waals surface area contributed by atoms with E-state index in [9.17, 15) is 8.42 Å². The molecule has 1 N–H and O–H groups in total. The van der Waals surface area contributed by atoms with Crippen LogP contribution in [0.25, 0.3) is 22.2 Å². The monoisotopic (exact) mass is 547 g/mol. The normalized spacial score (nSPS) is 22.7.